The Hall–Kier alpha value is -2.62. The number of nitrogens with one attached hydrogen (secondary N) is 1. The number of nitrogens with zero attached hydrogens (tertiary/aromatic N) is 1. The molecule has 30 heavy (non-hydrogen) atoms. The molecule has 0 aliphatic heterocycles. The van der Waals surface area contributed by atoms with Gasteiger partial charge in [0.15, 0.2) is 0 Å². The van der Waals surface area contributed by atoms with E-state index in [9.17, 15) is 9.18 Å². The molecule has 160 valence electrons. The fourth-order valence-electron chi connectivity index (χ4n) is 3.80. The van der Waals surface area contributed by atoms with Crippen LogP contribution in [0.3, 0.4) is 0 Å². The molecule has 1 N–H and O–H groups in total. The van der Waals surface area contributed by atoms with E-state index in [0.717, 1.165) is 28.6 Å². The number of carbonyl (C=O) groups is 1. The lowest BCUT2D eigenvalue weighted by atomic mass is 9.85. The van der Waals surface area contributed by atoms with E-state index in [0.29, 0.717) is 11.5 Å². The number of hydrogen-bond donors (Lipinski definition) is 1. The number of rotatable bonds is 5. The highest BCUT2D eigenvalue weighted by molar-refractivity contribution is 5.98. The second kappa shape index (κ2) is 8.25. The fraction of sp³-hybridized carbons (Fsp3) is 0.423. The molecule has 0 radical (unpaired) electrons. The van der Waals surface area contributed by atoms with Crippen molar-refractivity contribution in [1.82, 2.24) is 9.88 Å². The van der Waals surface area contributed by atoms with Crippen molar-refractivity contribution in [2.45, 2.75) is 66.5 Å². The van der Waals surface area contributed by atoms with Crippen LogP contribution in [0.25, 0.3) is 10.9 Å². The molecule has 3 rings (SSSR count). The van der Waals surface area contributed by atoms with Crippen LogP contribution in [0.1, 0.15) is 74.8 Å². The first-order chi connectivity index (χ1) is 14.0. The lowest BCUT2D eigenvalue weighted by Crippen LogP contribution is -2.27. The molecule has 0 bridgehead atoms. The highest BCUT2D eigenvalue weighted by Gasteiger charge is 2.19. The van der Waals surface area contributed by atoms with Gasteiger partial charge in [-0.1, -0.05) is 46.8 Å². The van der Waals surface area contributed by atoms with E-state index < -0.39 is 0 Å². The van der Waals surface area contributed by atoms with Crippen LogP contribution >= 0.6 is 0 Å². The average molecular weight is 409 g/mol. The third-order valence-electron chi connectivity index (χ3n) is 5.56. The van der Waals surface area contributed by atoms with Gasteiger partial charge in [-0.2, -0.15) is 0 Å². The van der Waals surface area contributed by atoms with Gasteiger partial charge in [0, 0.05) is 23.3 Å². The summed E-state index contributed by atoms with van der Waals surface area (Å²) in [4.78, 5) is 13.0. The average Bonchev–Trinajstić information content (AvgIpc) is 2.94. The zero-order valence-electron chi connectivity index (χ0n) is 19.1. The van der Waals surface area contributed by atoms with Crippen molar-refractivity contribution in [3.8, 4) is 0 Å². The largest absolute Gasteiger partial charge is 0.346 e. The highest BCUT2D eigenvalue weighted by Crippen LogP contribution is 2.27. The summed E-state index contributed by atoms with van der Waals surface area (Å²) < 4.78 is 16.5. The maximum atomic E-state index is 14.2. The first kappa shape index (κ1) is 22.1. The molecule has 1 aromatic heterocycles. The number of halogens is 1. The molecule has 4 heteroatoms. The van der Waals surface area contributed by atoms with Crippen molar-refractivity contribution in [2.24, 2.45) is 5.92 Å². The van der Waals surface area contributed by atoms with Crippen LogP contribution in [0.5, 0.6) is 0 Å². The molecule has 1 atom stereocenters. The molecular weight excluding hydrogens is 375 g/mol. The second-order valence-corrected chi connectivity index (χ2v) is 9.78. The van der Waals surface area contributed by atoms with Crippen LogP contribution in [0.2, 0.25) is 0 Å². The smallest absolute Gasteiger partial charge is 0.251 e. The van der Waals surface area contributed by atoms with Crippen molar-refractivity contribution in [1.29, 1.82) is 0 Å². The highest BCUT2D eigenvalue weighted by atomic mass is 19.1. The summed E-state index contributed by atoms with van der Waals surface area (Å²) in [5, 5.41) is 4.17. The quantitative estimate of drug-likeness (QED) is 0.511. The van der Waals surface area contributed by atoms with Gasteiger partial charge in [-0.3, -0.25) is 4.79 Å². The van der Waals surface area contributed by atoms with Crippen molar-refractivity contribution >= 4 is 16.8 Å². The molecule has 0 saturated carbocycles. The van der Waals surface area contributed by atoms with Gasteiger partial charge >= 0.3 is 0 Å². The topological polar surface area (TPSA) is 34.0 Å². The molecule has 0 aliphatic carbocycles. The predicted molar refractivity (Wildman–Crippen MR) is 122 cm³/mol. The normalized spacial score (nSPS) is 13.1. The maximum absolute atomic E-state index is 14.2. The number of hydrogen-bond acceptors (Lipinski definition) is 1. The third kappa shape index (κ3) is 4.75. The number of carbonyl (C=O) groups excluding carboxylic acids is 1. The van der Waals surface area contributed by atoms with Crippen LogP contribution in [-0.4, -0.2) is 10.5 Å². The van der Waals surface area contributed by atoms with Crippen LogP contribution in [0.4, 0.5) is 4.39 Å². The van der Waals surface area contributed by atoms with E-state index in [4.69, 9.17) is 0 Å². The summed E-state index contributed by atoms with van der Waals surface area (Å²) in [6, 6.07) is 12.7. The number of benzene rings is 2. The standard InChI is InChI=1S/C26H33FN2O/c1-16(2)15-29-17(3)10-19-8-9-20(13-24(19)29)25(30)28-18(4)21-11-22(26(5,6)7)14-23(27)12-21/h8-14,16,18H,15H2,1-7H3,(H,28,30)/t18-/m0/s1. The summed E-state index contributed by atoms with van der Waals surface area (Å²) in [6.07, 6.45) is 0. The Morgan fingerprint density at radius 2 is 1.77 bits per heavy atom. The lowest BCUT2D eigenvalue weighted by Gasteiger charge is -2.22. The number of aryl methyl sites for hydroxylation is 1. The predicted octanol–water partition coefficient (Wildman–Crippen LogP) is 6.53. The minimum Gasteiger partial charge on any atom is -0.346 e. The summed E-state index contributed by atoms with van der Waals surface area (Å²) >= 11 is 0. The van der Waals surface area contributed by atoms with Gasteiger partial charge in [-0.25, -0.2) is 4.39 Å². The first-order valence-electron chi connectivity index (χ1n) is 10.7. The molecule has 1 heterocycles. The van der Waals surface area contributed by atoms with Gasteiger partial charge in [0.05, 0.1) is 6.04 Å². The van der Waals surface area contributed by atoms with Gasteiger partial charge in [-0.05, 0) is 72.0 Å². The monoisotopic (exact) mass is 408 g/mol. The summed E-state index contributed by atoms with van der Waals surface area (Å²) in [5.41, 5.74) is 4.41. The molecule has 2 aromatic carbocycles. The molecule has 0 saturated heterocycles. The Kier molecular flexibility index (Phi) is 6.07. The van der Waals surface area contributed by atoms with Crippen LogP contribution in [0, 0.1) is 18.7 Å². The van der Waals surface area contributed by atoms with Gasteiger partial charge in [-0.15, -0.1) is 0 Å². The Morgan fingerprint density at radius 3 is 2.40 bits per heavy atom. The van der Waals surface area contributed by atoms with E-state index in [1.54, 1.807) is 6.07 Å². The fourth-order valence-corrected chi connectivity index (χ4v) is 3.80. The van der Waals surface area contributed by atoms with Gasteiger partial charge in [0.1, 0.15) is 5.82 Å². The Balaban J connectivity index is 1.87. The minimum absolute atomic E-state index is 0.152. The van der Waals surface area contributed by atoms with E-state index in [1.807, 2.05) is 31.2 Å². The van der Waals surface area contributed by atoms with E-state index in [1.165, 1.54) is 11.8 Å². The van der Waals surface area contributed by atoms with Gasteiger partial charge < -0.3 is 9.88 Å². The molecule has 3 aromatic rings. The van der Waals surface area contributed by atoms with Crippen LogP contribution in [0.15, 0.2) is 42.5 Å². The Labute approximate surface area is 179 Å². The van der Waals surface area contributed by atoms with Crippen molar-refractivity contribution < 1.29 is 9.18 Å². The first-order valence-corrected chi connectivity index (χ1v) is 10.7. The van der Waals surface area contributed by atoms with Crippen molar-refractivity contribution in [2.75, 3.05) is 0 Å². The molecule has 1 amide bonds. The van der Waals surface area contributed by atoms with Gasteiger partial charge in [0.2, 0.25) is 0 Å². The molecule has 3 nitrogen and oxygen atoms in total. The summed E-state index contributed by atoms with van der Waals surface area (Å²) in [7, 11) is 0. The van der Waals surface area contributed by atoms with Gasteiger partial charge in [0.25, 0.3) is 5.91 Å². The summed E-state index contributed by atoms with van der Waals surface area (Å²) in [5.74, 6) is 0.0876. The van der Waals surface area contributed by atoms with E-state index >= 15 is 0 Å². The Morgan fingerprint density at radius 1 is 1.07 bits per heavy atom. The van der Waals surface area contributed by atoms with Crippen molar-refractivity contribution in [3.63, 3.8) is 0 Å². The molecule has 0 spiro atoms. The molecular formula is C26H33FN2O. The zero-order chi connectivity index (χ0) is 22.2. The van der Waals surface area contributed by atoms with Crippen LogP contribution < -0.4 is 5.32 Å². The maximum Gasteiger partial charge on any atom is 0.251 e. The number of aromatic nitrogens is 1. The summed E-state index contributed by atoms with van der Waals surface area (Å²) in [6.45, 7) is 15.4. The molecule has 0 aliphatic rings. The lowest BCUT2D eigenvalue weighted by molar-refractivity contribution is 0.0940. The third-order valence-corrected chi connectivity index (χ3v) is 5.56. The van der Waals surface area contributed by atoms with E-state index in [-0.39, 0.29) is 23.2 Å². The van der Waals surface area contributed by atoms with Crippen molar-refractivity contribution in [3.05, 3.63) is 70.7 Å². The molecule has 0 unspecified atom stereocenters. The van der Waals surface area contributed by atoms with E-state index in [2.05, 4.69) is 57.5 Å². The SMILES string of the molecule is Cc1cc2ccc(C(=O)N[C@@H](C)c3cc(F)cc(C(C)(C)C)c3)cc2n1CC(C)C. The second-order valence-electron chi connectivity index (χ2n) is 9.78. The number of fused-ring (bicyclic) bond motifs is 1. The van der Waals surface area contributed by atoms with Crippen LogP contribution in [-0.2, 0) is 12.0 Å². The number of amides is 1. The zero-order valence-corrected chi connectivity index (χ0v) is 19.1. The minimum atomic E-state index is -0.297. The molecule has 0 fully saturated rings. The Bertz CT molecular complexity index is 1070.